The van der Waals surface area contributed by atoms with Crippen LogP contribution in [0.25, 0.3) is 5.69 Å². The topological polar surface area (TPSA) is 29.9 Å². The summed E-state index contributed by atoms with van der Waals surface area (Å²) < 4.78 is 1.83. The zero-order valence-electron chi connectivity index (χ0n) is 8.66. The van der Waals surface area contributed by atoms with Crippen molar-refractivity contribution < 1.29 is 0 Å². The number of nitrogens with zero attached hydrogens (tertiary/aromatic N) is 2. The fourth-order valence-electron chi connectivity index (χ4n) is 1.46. The van der Waals surface area contributed by atoms with Crippen molar-refractivity contribution >= 4 is 17.3 Å². The van der Waals surface area contributed by atoms with Crippen LogP contribution < -0.4 is 5.32 Å². The van der Waals surface area contributed by atoms with Gasteiger partial charge in [0.2, 0.25) is 0 Å². The standard InChI is InChI=1S/C11H12ClN3/c1-8-5-9(12)3-4-11(8)15-7-10(13-2)6-14-15/h3-7,13H,1-2H3. The molecule has 0 atom stereocenters. The van der Waals surface area contributed by atoms with Gasteiger partial charge in [0.05, 0.1) is 23.8 Å². The van der Waals surface area contributed by atoms with Gasteiger partial charge < -0.3 is 5.32 Å². The lowest BCUT2D eigenvalue weighted by molar-refractivity contribution is 0.873. The molecule has 1 heterocycles. The Kier molecular flexibility index (Phi) is 2.64. The largest absolute Gasteiger partial charge is 0.386 e. The first-order valence-electron chi connectivity index (χ1n) is 4.69. The highest BCUT2D eigenvalue weighted by Crippen LogP contribution is 2.19. The number of aromatic nitrogens is 2. The molecule has 1 aromatic carbocycles. The van der Waals surface area contributed by atoms with Crippen molar-refractivity contribution in [2.75, 3.05) is 12.4 Å². The van der Waals surface area contributed by atoms with Crippen molar-refractivity contribution in [2.24, 2.45) is 0 Å². The van der Waals surface area contributed by atoms with Gasteiger partial charge in [-0.2, -0.15) is 5.10 Å². The maximum atomic E-state index is 5.89. The Balaban J connectivity index is 2.44. The highest BCUT2D eigenvalue weighted by atomic mass is 35.5. The summed E-state index contributed by atoms with van der Waals surface area (Å²) in [6.07, 6.45) is 3.73. The molecule has 0 bridgehead atoms. The zero-order chi connectivity index (χ0) is 10.8. The van der Waals surface area contributed by atoms with Crippen LogP contribution in [-0.4, -0.2) is 16.8 Å². The summed E-state index contributed by atoms with van der Waals surface area (Å²) in [7, 11) is 1.87. The number of hydrogen-bond donors (Lipinski definition) is 1. The van der Waals surface area contributed by atoms with E-state index >= 15 is 0 Å². The number of aryl methyl sites for hydroxylation is 1. The molecule has 0 aliphatic carbocycles. The molecule has 3 nitrogen and oxygen atoms in total. The van der Waals surface area contributed by atoms with E-state index in [1.807, 2.05) is 43.0 Å². The number of hydrogen-bond acceptors (Lipinski definition) is 2. The van der Waals surface area contributed by atoms with E-state index in [0.29, 0.717) is 0 Å². The second-order valence-corrected chi connectivity index (χ2v) is 3.79. The highest BCUT2D eigenvalue weighted by molar-refractivity contribution is 6.30. The third kappa shape index (κ3) is 1.97. The Bertz CT molecular complexity index is 476. The van der Waals surface area contributed by atoms with E-state index in [1.54, 1.807) is 6.20 Å². The van der Waals surface area contributed by atoms with E-state index in [4.69, 9.17) is 11.6 Å². The molecular formula is C11H12ClN3. The molecule has 0 saturated carbocycles. The molecule has 0 radical (unpaired) electrons. The smallest absolute Gasteiger partial charge is 0.0728 e. The Labute approximate surface area is 93.7 Å². The molecule has 2 rings (SSSR count). The van der Waals surface area contributed by atoms with Crippen LogP contribution in [0.1, 0.15) is 5.56 Å². The van der Waals surface area contributed by atoms with Crippen LogP contribution >= 0.6 is 11.6 Å². The highest BCUT2D eigenvalue weighted by Gasteiger charge is 2.03. The Morgan fingerprint density at radius 2 is 2.20 bits per heavy atom. The summed E-state index contributed by atoms with van der Waals surface area (Å²) in [5, 5.41) is 8.04. The van der Waals surface area contributed by atoms with E-state index in [-0.39, 0.29) is 0 Å². The summed E-state index contributed by atoms with van der Waals surface area (Å²) in [5.41, 5.74) is 3.14. The molecule has 2 aromatic rings. The molecule has 0 aliphatic rings. The third-order valence-corrected chi connectivity index (χ3v) is 2.51. The zero-order valence-corrected chi connectivity index (χ0v) is 9.42. The van der Waals surface area contributed by atoms with Gasteiger partial charge in [-0.15, -0.1) is 0 Å². The van der Waals surface area contributed by atoms with Gasteiger partial charge in [0.25, 0.3) is 0 Å². The Morgan fingerprint density at radius 3 is 2.80 bits per heavy atom. The van der Waals surface area contributed by atoms with Gasteiger partial charge in [-0.25, -0.2) is 4.68 Å². The molecule has 15 heavy (non-hydrogen) atoms. The van der Waals surface area contributed by atoms with Crippen molar-refractivity contribution in [1.82, 2.24) is 9.78 Å². The minimum absolute atomic E-state index is 0.747. The first-order valence-corrected chi connectivity index (χ1v) is 5.07. The van der Waals surface area contributed by atoms with E-state index in [2.05, 4.69) is 10.4 Å². The van der Waals surface area contributed by atoms with Crippen LogP contribution in [0.3, 0.4) is 0 Å². The Morgan fingerprint density at radius 1 is 1.40 bits per heavy atom. The van der Waals surface area contributed by atoms with Crippen molar-refractivity contribution in [3.63, 3.8) is 0 Å². The number of benzene rings is 1. The maximum Gasteiger partial charge on any atom is 0.0728 e. The molecule has 4 heteroatoms. The summed E-state index contributed by atoms with van der Waals surface area (Å²) in [4.78, 5) is 0. The molecule has 0 fully saturated rings. The van der Waals surface area contributed by atoms with Gasteiger partial charge in [0.1, 0.15) is 0 Å². The minimum Gasteiger partial charge on any atom is -0.386 e. The predicted molar refractivity (Wildman–Crippen MR) is 62.9 cm³/mol. The first kappa shape index (κ1) is 10.1. The van der Waals surface area contributed by atoms with E-state index in [9.17, 15) is 0 Å². The van der Waals surface area contributed by atoms with E-state index in [1.165, 1.54) is 0 Å². The number of rotatable bonds is 2. The fourth-order valence-corrected chi connectivity index (χ4v) is 1.69. The van der Waals surface area contributed by atoms with E-state index in [0.717, 1.165) is 22.0 Å². The molecule has 0 saturated heterocycles. The summed E-state index contributed by atoms with van der Waals surface area (Å²) in [5.74, 6) is 0. The lowest BCUT2D eigenvalue weighted by Gasteiger charge is -2.05. The molecule has 0 amide bonds. The van der Waals surface area contributed by atoms with Crippen LogP contribution in [0.15, 0.2) is 30.6 Å². The summed E-state index contributed by atoms with van der Waals surface area (Å²) in [6, 6.07) is 5.76. The van der Waals surface area contributed by atoms with Gasteiger partial charge in [0, 0.05) is 12.1 Å². The molecule has 1 N–H and O–H groups in total. The van der Waals surface area contributed by atoms with Crippen molar-refractivity contribution in [3.05, 3.63) is 41.2 Å². The molecule has 1 aromatic heterocycles. The summed E-state index contributed by atoms with van der Waals surface area (Å²) in [6.45, 7) is 2.02. The molecule has 0 unspecified atom stereocenters. The normalized spacial score (nSPS) is 10.3. The first-order chi connectivity index (χ1) is 7.20. The Hall–Kier alpha value is -1.48. The van der Waals surface area contributed by atoms with Gasteiger partial charge in [-0.05, 0) is 30.7 Å². The van der Waals surface area contributed by atoms with Crippen molar-refractivity contribution in [3.8, 4) is 5.69 Å². The van der Waals surface area contributed by atoms with Crippen LogP contribution in [0, 0.1) is 6.92 Å². The van der Waals surface area contributed by atoms with E-state index < -0.39 is 0 Å². The van der Waals surface area contributed by atoms with Crippen LogP contribution in [0.4, 0.5) is 5.69 Å². The average Bonchev–Trinajstić information content (AvgIpc) is 2.66. The monoisotopic (exact) mass is 221 g/mol. The molecular weight excluding hydrogens is 210 g/mol. The molecule has 78 valence electrons. The van der Waals surface area contributed by atoms with Gasteiger partial charge in [-0.1, -0.05) is 11.6 Å². The fraction of sp³-hybridized carbons (Fsp3) is 0.182. The van der Waals surface area contributed by atoms with Gasteiger partial charge in [-0.3, -0.25) is 0 Å². The number of halogens is 1. The quantitative estimate of drug-likeness (QED) is 0.845. The maximum absolute atomic E-state index is 5.89. The number of nitrogens with one attached hydrogen (secondary N) is 1. The van der Waals surface area contributed by atoms with Crippen molar-refractivity contribution in [1.29, 1.82) is 0 Å². The summed E-state index contributed by atoms with van der Waals surface area (Å²) >= 11 is 5.89. The van der Waals surface area contributed by atoms with Gasteiger partial charge in [0.15, 0.2) is 0 Å². The second-order valence-electron chi connectivity index (χ2n) is 3.35. The van der Waals surface area contributed by atoms with Gasteiger partial charge >= 0.3 is 0 Å². The molecule has 0 spiro atoms. The van der Waals surface area contributed by atoms with Crippen LogP contribution in [0.2, 0.25) is 5.02 Å². The predicted octanol–water partition coefficient (Wildman–Crippen LogP) is 2.88. The van der Waals surface area contributed by atoms with Crippen LogP contribution in [-0.2, 0) is 0 Å². The minimum atomic E-state index is 0.747. The lowest BCUT2D eigenvalue weighted by atomic mass is 10.2. The second kappa shape index (κ2) is 3.95. The number of anilines is 1. The molecule has 0 aliphatic heterocycles. The lowest BCUT2D eigenvalue weighted by Crippen LogP contribution is -1.96. The van der Waals surface area contributed by atoms with Crippen molar-refractivity contribution in [2.45, 2.75) is 6.92 Å². The SMILES string of the molecule is CNc1cnn(-c2ccc(Cl)cc2C)c1. The van der Waals surface area contributed by atoms with Crippen LogP contribution in [0.5, 0.6) is 0 Å². The average molecular weight is 222 g/mol. The third-order valence-electron chi connectivity index (χ3n) is 2.28.